The molecule has 1 heterocycles. The van der Waals surface area contributed by atoms with Crippen LogP contribution in [-0.2, 0) is 0 Å². The van der Waals surface area contributed by atoms with Crippen LogP contribution in [0.15, 0.2) is 12.1 Å². The highest BCUT2D eigenvalue weighted by atomic mass is 19.4. The van der Waals surface area contributed by atoms with Gasteiger partial charge in [-0.2, -0.15) is 13.2 Å². The van der Waals surface area contributed by atoms with E-state index < -0.39 is 17.6 Å². The highest BCUT2D eigenvalue weighted by Gasteiger charge is 2.64. The smallest absolute Gasteiger partial charge is 0.336 e. The van der Waals surface area contributed by atoms with E-state index in [9.17, 15) is 18.0 Å². The number of carbonyl (C=O) groups is 1. The summed E-state index contributed by atoms with van der Waals surface area (Å²) in [5, 5.41) is 8.92. The molecule has 2 rings (SSSR count). The van der Waals surface area contributed by atoms with Crippen molar-refractivity contribution in [2.45, 2.75) is 24.6 Å². The molecule has 6 nitrogen and oxygen atoms in total. The third-order valence-corrected chi connectivity index (χ3v) is 2.69. The van der Waals surface area contributed by atoms with Crippen LogP contribution in [0.5, 0.6) is 0 Å². The zero-order chi connectivity index (χ0) is 13.4. The average Bonchev–Trinajstić information content (AvgIpc) is 3.09. The van der Waals surface area contributed by atoms with Gasteiger partial charge in [0.15, 0.2) is 11.5 Å². The highest BCUT2D eigenvalue weighted by molar-refractivity contribution is 5.93. The molecule has 0 spiro atoms. The second-order valence-corrected chi connectivity index (χ2v) is 3.98. The maximum Gasteiger partial charge on any atom is 0.411 e. The van der Waals surface area contributed by atoms with Crippen molar-refractivity contribution in [1.82, 2.24) is 15.5 Å². The first-order valence-corrected chi connectivity index (χ1v) is 5.07. The number of nitrogens with zero attached hydrogens (tertiary/aromatic N) is 2. The summed E-state index contributed by atoms with van der Waals surface area (Å²) in [5.74, 6) is 4.35. The lowest BCUT2D eigenvalue weighted by molar-refractivity contribution is -0.163. The fourth-order valence-electron chi connectivity index (χ4n) is 1.42. The zero-order valence-corrected chi connectivity index (χ0v) is 9.08. The zero-order valence-electron chi connectivity index (χ0n) is 9.08. The predicted molar refractivity (Wildman–Crippen MR) is 55.3 cm³/mol. The molecule has 0 aliphatic heterocycles. The van der Waals surface area contributed by atoms with Gasteiger partial charge in [0.2, 0.25) is 0 Å². The standard InChI is InChI=1S/C9H10F3N5O/c10-9(11,12)8(3-4-8)14-7(18)5-1-2-6(15-13)17-16-5/h1-2H,3-4,13H2,(H,14,18)(H,15,17). The third kappa shape index (κ3) is 2.21. The molecule has 1 aromatic heterocycles. The fourth-order valence-corrected chi connectivity index (χ4v) is 1.42. The third-order valence-electron chi connectivity index (χ3n) is 2.69. The van der Waals surface area contributed by atoms with Gasteiger partial charge in [-0.25, -0.2) is 5.84 Å². The molecule has 0 unspecified atom stereocenters. The molecule has 1 amide bonds. The van der Waals surface area contributed by atoms with Gasteiger partial charge in [-0.15, -0.1) is 10.2 Å². The van der Waals surface area contributed by atoms with Crippen molar-refractivity contribution >= 4 is 11.7 Å². The molecule has 0 saturated heterocycles. The molecule has 1 aliphatic carbocycles. The summed E-state index contributed by atoms with van der Waals surface area (Å²) in [6.07, 6.45) is -4.68. The summed E-state index contributed by atoms with van der Waals surface area (Å²) in [7, 11) is 0. The number of carbonyl (C=O) groups excluding carboxylic acids is 1. The van der Waals surface area contributed by atoms with Crippen molar-refractivity contribution in [3.8, 4) is 0 Å². The Kier molecular flexibility index (Phi) is 2.85. The number of hydrogen-bond acceptors (Lipinski definition) is 5. The number of anilines is 1. The lowest BCUT2D eigenvalue weighted by atomic mass is 10.2. The van der Waals surface area contributed by atoms with E-state index in [-0.39, 0.29) is 24.4 Å². The number of amides is 1. The van der Waals surface area contributed by atoms with E-state index in [1.54, 1.807) is 0 Å². The Morgan fingerprint density at radius 2 is 2.00 bits per heavy atom. The number of nitrogens with two attached hydrogens (primary N) is 1. The van der Waals surface area contributed by atoms with Crippen LogP contribution in [0.4, 0.5) is 19.0 Å². The van der Waals surface area contributed by atoms with Crippen LogP contribution < -0.4 is 16.6 Å². The van der Waals surface area contributed by atoms with E-state index in [4.69, 9.17) is 5.84 Å². The first-order valence-electron chi connectivity index (χ1n) is 5.07. The molecule has 1 aliphatic rings. The Balaban J connectivity index is 2.08. The molecule has 1 aromatic rings. The van der Waals surface area contributed by atoms with Crippen molar-refractivity contribution < 1.29 is 18.0 Å². The van der Waals surface area contributed by atoms with Crippen molar-refractivity contribution in [2.24, 2.45) is 5.84 Å². The number of nitrogen functional groups attached to an aromatic ring is 1. The van der Waals surface area contributed by atoms with Crippen LogP contribution in [0.2, 0.25) is 0 Å². The molecule has 0 aromatic carbocycles. The predicted octanol–water partition coefficient (Wildman–Crippen LogP) is 0.587. The van der Waals surface area contributed by atoms with Crippen molar-refractivity contribution in [1.29, 1.82) is 0 Å². The van der Waals surface area contributed by atoms with E-state index in [1.165, 1.54) is 12.1 Å². The van der Waals surface area contributed by atoms with Gasteiger partial charge in [0, 0.05) is 0 Å². The quantitative estimate of drug-likeness (QED) is 0.547. The van der Waals surface area contributed by atoms with Gasteiger partial charge in [0.25, 0.3) is 5.91 Å². The van der Waals surface area contributed by atoms with Crippen molar-refractivity contribution in [2.75, 3.05) is 5.43 Å². The van der Waals surface area contributed by atoms with Crippen LogP contribution in [0.1, 0.15) is 23.3 Å². The summed E-state index contributed by atoms with van der Waals surface area (Å²) in [4.78, 5) is 11.6. The first-order chi connectivity index (χ1) is 8.38. The largest absolute Gasteiger partial charge is 0.411 e. The van der Waals surface area contributed by atoms with Gasteiger partial charge in [-0.3, -0.25) is 4.79 Å². The molecule has 0 atom stereocenters. The molecule has 4 N–H and O–H groups in total. The number of alkyl halides is 3. The minimum atomic E-state index is -4.45. The number of aromatic nitrogens is 2. The van der Waals surface area contributed by atoms with Gasteiger partial charge in [0.1, 0.15) is 5.54 Å². The van der Waals surface area contributed by atoms with Gasteiger partial charge < -0.3 is 10.7 Å². The summed E-state index contributed by atoms with van der Waals surface area (Å²) >= 11 is 0. The van der Waals surface area contributed by atoms with E-state index >= 15 is 0 Å². The maximum atomic E-state index is 12.6. The first kappa shape index (κ1) is 12.6. The van der Waals surface area contributed by atoms with E-state index in [0.29, 0.717) is 0 Å². The van der Waals surface area contributed by atoms with Crippen molar-refractivity contribution in [3.63, 3.8) is 0 Å². The number of halogens is 3. The second-order valence-electron chi connectivity index (χ2n) is 3.98. The minimum absolute atomic E-state index is 0.113. The molecule has 98 valence electrons. The number of nitrogens with one attached hydrogen (secondary N) is 2. The fraction of sp³-hybridized carbons (Fsp3) is 0.444. The van der Waals surface area contributed by atoms with Gasteiger partial charge in [0.05, 0.1) is 0 Å². The summed E-state index contributed by atoms with van der Waals surface area (Å²) in [6, 6.07) is 2.58. The molecular formula is C9H10F3N5O. The van der Waals surface area contributed by atoms with E-state index in [1.807, 2.05) is 5.32 Å². The van der Waals surface area contributed by atoms with E-state index in [2.05, 4.69) is 15.6 Å². The Labute approximate surface area is 99.7 Å². The number of hydrazine groups is 1. The number of hydrogen-bond donors (Lipinski definition) is 3. The van der Waals surface area contributed by atoms with E-state index in [0.717, 1.165) is 0 Å². The lowest BCUT2D eigenvalue weighted by Crippen LogP contribution is -2.48. The molecule has 1 fully saturated rings. The number of rotatable bonds is 3. The SMILES string of the molecule is NNc1ccc(C(=O)NC2(C(F)(F)F)CC2)nn1. The minimum Gasteiger partial charge on any atom is -0.336 e. The Bertz CT molecular complexity index is 454. The van der Waals surface area contributed by atoms with Crippen molar-refractivity contribution in [3.05, 3.63) is 17.8 Å². The molecule has 0 bridgehead atoms. The second kappa shape index (κ2) is 4.09. The van der Waals surface area contributed by atoms with Crippen LogP contribution in [0.25, 0.3) is 0 Å². The topological polar surface area (TPSA) is 92.9 Å². The highest BCUT2D eigenvalue weighted by Crippen LogP contribution is 2.48. The Hall–Kier alpha value is -1.90. The van der Waals surface area contributed by atoms with Crippen LogP contribution in [-0.4, -0.2) is 27.8 Å². The van der Waals surface area contributed by atoms with Gasteiger partial charge in [-0.05, 0) is 25.0 Å². The molecule has 9 heteroatoms. The normalized spacial score (nSPS) is 17.1. The van der Waals surface area contributed by atoms with Crippen LogP contribution in [0, 0.1) is 0 Å². The molecule has 18 heavy (non-hydrogen) atoms. The Morgan fingerprint density at radius 1 is 1.33 bits per heavy atom. The summed E-state index contributed by atoms with van der Waals surface area (Å²) in [6.45, 7) is 0. The lowest BCUT2D eigenvalue weighted by Gasteiger charge is -2.20. The monoisotopic (exact) mass is 261 g/mol. The summed E-state index contributed by atoms with van der Waals surface area (Å²) in [5.41, 5.74) is -0.0983. The molecule has 1 saturated carbocycles. The van der Waals surface area contributed by atoms with Gasteiger partial charge >= 0.3 is 6.18 Å². The average molecular weight is 261 g/mol. The van der Waals surface area contributed by atoms with Crippen LogP contribution in [0.3, 0.4) is 0 Å². The Morgan fingerprint density at radius 3 is 2.39 bits per heavy atom. The molecular weight excluding hydrogens is 251 g/mol. The van der Waals surface area contributed by atoms with Crippen LogP contribution >= 0.6 is 0 Å². The van der Waals surface area contributed by atoms with Gasteiger partial charge in [-0.1, -0.05) is 0 Å². The molecule has 0 radical (unpaired) electrons. The summed E-state index contributed by atoms with van der Waals surface area (Å²) < 4.78 is 37.8. The maximum absolute atomic E-state index is 12.6.